The Morgan fingerprint density at radius 2 is 1.88 bits per heavy atom. The number of hydrogen-bond acceptors (Lipinski definition) is 3. The highest BCUT2D eigenvalue weighted by molar-refractivity contribution is 5.34. The van der Waals surface area contributed by atoms with E-state index in [9.17, 15) is 5.11 Å². The summed E-state index contributed by atoms with van der Waals surface area (Å²) in [6.07, 6.45) is 11.8. The maximum absolute atomic E-state index is 12.1. The topological polar surface area (TPSA) is 47.3 Å². The zero-order valence-electron chi connectivity index (χ0n) is 14.7. The minimum atomic E-state index is -0.694. The Hall–Kier alpha value is -1.81. The molecule has 4 bridgehead atoms. The van der Waals surface area contributed by atoms with Crippen LogP contribution in [0.15, 0.2) is 43.0 Å². The lowest BCUT2D eigenvalue weighted by Gasteiger charge is -2.61. The van der Waals surface area contributed by atoms with Crippen molar-refractivity contribution in [3.8, 4) is 5.75 Å². The third-order valence-electron chi connectivity index (χ3n) is 7.12. The predicted octanol–water partition coefficient (Wildman–Crippen LogP) is 3.67. The zero-order chi connectivity index (χ0) is 17.0. The zero-order valence-corrected chi connectivity index (χ0v) is 14.7. The van der Waals surface area contributed by atoms with Crippen molar-refractivity contribution in [2.24, 2.45) is 23.7 Å². The molecule has 6 rings (SSSR count). The highest BCUT2D eigenvalue weighted by Crippen LogP contribution is 2.62. The largest absolute Gasteiger partial charge is 0.497 e. The molecule has 1 heterocycles. The van der Waals surface area contributed by atoms with Gasteiger partial charge in [-0.05, 0) is 73.5 Å². The molecule has 4 aliphatic rings. The van der Waals surface area contributed by atoms with Crippen molar-refractivity contribution in [3.63, 3.8) is 0 Å². The highest BCUT2D eigenvalue weighted by atomic mass is 16.5. The maximum atomic E-state index is 12.1. The van der Waals surface area contributed by atoms with Crippen molar-refractivity contribution in [1.82, 2.24) is 9.55 Å². The first kappa shape index (κ1) is 15.4. The lowest BCUT2D eigenvalue weighted by molar-refractivity contribution is -0.190. The Balaban J connectivity index is 1.63. The number of imidazole rings is 1. The Kier molecular flexibility index (Phi) is 3.46. The second kappa shape index (κ2) is 5.60. The fraction of sp³-hybridized carbons (Fsp3) is 0.571. The molecule has 0 radical (unpaired) electrons. The number of hydrogen-bond donors (Lipinski definition) is 1. The third-order valence-corrected chi connectivity index (χ3v) is 7.12. The molecule has 4 fully saturated rings. The van der Waals surface area contributed by atoms with Crippen LogP contribution in [0.3, 0.4) is 0 Å². The van der Waals surface area contributed by atoms with Crippen LogP contribution in [0.4, 0.5) is 0 Å². The highest BCUT2D eigenvalue weighted by Gasteiger charge is 2.60. The summed E-state index contributed by atoms with van der Waals surface area (Å²) >= 11 is 0. The SMILES string of the molecule is COc1cccc(C(n2ccnc2)C2(O)C3CC4CC(C3)CC2C4)c1. The molecule has 1 unspecified atom stereocenters. The van der Waals surface area contributed by atoms with Gasteiger partial charge < -0.3 is 14.4 Å². The third kappa shape index (κ3) is 2.27. The first-order valence-electron chi connectivity index (χ1n) is 9.52. The van der Waals surface area contributed by atoms with Gasteiger partial charge in [-0.15, -0.1) is 0 Å². The summed E-state index contributed by atoms with van der Waals surface area (Å²) in [7, 11) is 1.70. The van der Waals surface area contributed by atoms with E-state index in [1.54, 1.807) is 7.11 Å². The van der Waals surface area contributed by atoms with E-state index >= 15 is 0 Å². The Morgan fingerprint density at radius 1 is 1.16 bits per heavy atom. The molecule has 4 heteroatoms. The molecule has 132 valence electrons. The van der Waals surface area contributed by atoms with Crippen LogP contribution in [0.25, 0.3) is 0 Å². The van der Waals surface area contributed by atoms with Crippen LogP contribution >= 0.6 is 0 Å². The molecule has 1 aromatic carbocycles. The number of methoxy groups -OCH3 is 1. The van der Waals surface area contributed by atoms with Crippen LogP contribution in [0, 0.1) is 23.7 Å². The van der Waals surface area contributed by atoms with Crippen molar-refractivity contribution < 1.29 is 9.84 Å². The number of rotatable bonds is 4. The molecule has 4 aliphatic carbocycles. The van der Waals surface area contributed by atoms with E-state index < -0.39 is 5.60 Å². The average Bonchev–Trinajstić information content (AvgIpc) is 3.13. The number of aliphatic hydroxyl groups is 1. The first-order chi connectivity index (χ1) is 12.2. The van der Waals surface area contributed by atoms with Gasteiger partial charge in [0.2, 0.25) is 0 Å². The van der Waals surface area contributed by atoms with Gasteiger partial charge in [-0.2, -0.15) is 0 Å². The van der Waals surface area contributed by atoms with E-state index in [1.807, 2.05) is 30.9 Å². The summed E-state index contributed by atoms with van der Waals surface area (Å²) in [6, 6.07) is 8.09. The number of nitrogens with zero attached hydrogens (tertiary/aromatic N) is 2. The Morgan fingerprint density at radius 3 is 2.48 bits per heavy atom. The van der Waals surface area contributed by atoms with Crippen LogP contribution in [0.1, 0.15) is 43.7 Å². The molecule has 2 aromatic rings. The van der Waals surface area contributed by atoms with Gasteiger partial charge in [0.15, 0.2) is 0 Å². The lowest BCUT2D eigenvalue weighted by Crippen LogP contribution is -2.61. The van der Waals surface area contributed by atoms with E-state index in [0.29, 0.717) is 11.8 Å². The summed E-state index contributed by atoms with van der Waals surface area (Å²) in [6.45, 7) is 0. The minimum Gasteiger partial charge on any atom is -0.497 e. The number of aromatic nitrogens is 2. The van der Waals surface area contributed by atoms with Crippen LogP contribution < -0.4 is 4.74 Å². The second-order valence-electron chi connectivity index (χ2n) is 8.38. The normalized spacial score (nSPS) is 37.2. The lowest BCUT2D eigenvalue weighted by atomic mass is 9.48. The van der Waals surface area contributed by atoms with Crippen LogP contribution in [-0.2, 0) is 0 Å². The molecule has 0 aliphatic heterocycles. The minimum absolute atomic E-state index is 0.0971. The van der Waals surface area contributed by atoms with Crippen LogP contribution in [-0.4, -0.2) is 27.4 Å². The molecule has 1 atom stereocenters. The van der Waals surface area contributed by atoms with Gasteiger partial charge in [0.1, 0.15) is 5.75 Å². The van der Waals surface area contributed by atoms with Gasteiger partial charge in [-0.1, -0.05) is 12.1 Å². The van der Waals surface area contributed by atoms with E-state index in [2.05, 4.69) is 21.7 Å². The van der Waals surface area contributed by atoms with Gasteiger partial charge in [-0.3, -0.25) is 0 Å². The molecule has 4 nitrogen and oxygen atoms in total. The van der Waals surface area contributed by atoms with Crippen LogP contribution in [0.5, 0.6) is 5.75 Å². The summed E-state index contributed by atoms with van der Waals surface area (Å²) in [5, 5.41) is 12.1. The average molecular weight is 338 g/mol. The van der Waals surface area contributed by atoms with E-state index in [0.717, 1.165) is 23.1 Å². The van der Waals surface area contributed by atoms with Gasteiger partial charge in [0, 0.05) is 12.4 Å². The molecule has 1 aromatic heterocycles. The summed E-state index contributed by atoms with van der Waals surface area (Å²) < 4.78 is 7.56. The summed E-state index contributed by atoms with van der Waals surface area (Å²) in [5.41, 5.74) is 0.424. The van der Waals surface area contributed by atoms with E-state index in [1.165, 1.54) is 32.1 Å². The van der Waals surface area contributed by atoms with Crippen molar-refractivity contribution in [3.05, 3.63) is 48.5 Å². The molecule has 0 spiro atoms. The summed E-state index contributed by atoms with van der Waals surface area (Å²) in [5.74, 6) is 3.28. The van der Waals surface area contributed by atoms with Crippen molar-refractivity contribution >= 4 is 0 Å². The molecular weight excluding hydrogens is 312 g/mol. The van der Waals surface area contributed by atoms with Gasteiger partial charge >= 0.3 is 0 Å². The van der Waals surface area contributed by atoms with Crippen molar-refractivity contribution in [2.75, 3.05) is 7.11 Å². The van der Waals surface area contributed by atoms with Crippen molar-refractivity contribution in [1.29, 1.82) is 0 Å². The molecule has 25 heavy (non-hydrogen) atoms. The van der Waals surface area contributed by atoms with Gasteiger partial charge in [-0.25, -0.2) is 4.98 Å². The quantitative estimate of drug-likeness (QED) is 0.925. The van der Waals surface area contributed by atoms with Gasteiger partial charge in [0.05, 0.1) is 25.1 Å². The fourth-order valence-corrected chi connectivity index (χ4v) is 6.30. The molecule has 4 saturated carbocycles. The fourth-order valence-electron chi connectivity index (χ4n) is 6.30. The number of ether oxygens (including phenoxy) is 1. The monoisotopic (exact) mass is 338 g/mol. The second-order valence-corrected chi connectivity index (χ2v) is 8.38. The first-order valence-corrected chi connectivity index (χ1v) is 9.52. The molecule has 0 saturated heterocycles. The Labute approximate surface area is 148 Å². The molecular formula is C21H26N2O2. The smallest absolute Gasteiger partial charge is 0.119 e. The van der Waals surface area contributed by atoms with Crippen molar-refractivity contribution in [2.45, 2.75) is 43.7 Å². The van der Waals surface area contributed by atoms with E-state index in [-0.39, 0.29) is 6.04 Å². The Bertz CT molecular complexity index is 727. The van der Waals surface area contributed by atoms with Gasteiger partial charge in [0.25, 0.3) is 0 Å². The van der Waals surface area contributed by atoms with E-state index in [4.69, 9.17) is 4.74 Å². The van der Waals surface area contributed by atoms with Crippen LogP contribution in [0.2, 0.25) is 0 Å². The number of benzene rings is 1. The molecule has 0 amide bonds. The summed E-state index contributed by atoms with van der Waals surface area (Å²) in [4.78, 5) is 4.28. The maximum Gasteiger partial charge on any atom is 0.119 e. The molecule has 1 N–H and O–H groups in total. The standard InChI is InChI=1S/C21H26N2O2/c1-25-19-4-2-3-16(12-19)20(23-6-5-22-13-23)21(24)17-8-14-7-15(10-17)11-18(21)9-14/h2-6,12-15,17-18,20,24H,7-11H2,1H3. The predicted molar refractivity (Wildman–Crippen MR) is 95.4 cm³/mol.